The van der Waals surface area contributed by atoms with Crippen LogP contribution in [0.4, 0.5) is 17.6 Å². The molecule has 3 aromatic carbocycles. The van der Waals surface area contributed by atoms with Crippen LogP contribution >= 0.6 is 11.8 Å². The third-order valence-corrected chi connectivity index (χ3v) is 7.13. The topological polar surface area (TPSA) is 59.4 Å². The van der Waals surface area contributed by atoms with E-state index in [0.29, 0.717) is 24.3 Å². The number of nitrogens with zero attached hydrogens (tertiary/aromatic N) is 4. The van der Waals surface area contributed by atoms with Crippen molar-refractivity contribution in [1.82, 2.24) is 24.7 Å². The van der Waals surface area contributed by atoms with Gasteiger partial charge >= 0.3 is 6.18 Å². The maximum atomic E-state index is 15.8. The summed E-state index contributed by atoms with van der Waals surface area (Å²) in [5, 5.41) is 5.59. The summed E-state index contributed by atoms with van der Waals surface area (Å²) in [4.78, 5) is 7.71. The van der Waals surface area contributed by atoms with Crippen molar-refractivity contribution >= 4 is 11.8 Å². The number of hydrogen-bond donors (Lipinski definition) is 1. The normalized spacial score (nSPS) is 12.1. The first-order valence-corrected chi connectivity index (χ1v) is 12.9. The van der Waals surface area contributed by atoms with Crippen molar-refractivity contribution in [2.45, 2.75) is 29.7 Å². The highest BCUT2D eigenvalue weighted by atomic mass is 32.2. The van der Waals surface area contributed by atoms with E-state index in [4.69, 9.17) is 0 Å². The molecule has 10 heteroatoms. The zero-order valence-electron chi connectivity index (χ0n) is 20.1. The summed E-state index contributed by atoms with van der Waals surface area (Å²) in [7, 11) is 0. The molecular weight excluding hydrogens is 514 g/mol. The molecule has 5 nitrogen and oxygen atoms in total. The van der Waals surface area contributed by atoms with Gasteiger partial charge in [0.2, 0.25) is 0 Å². The predicted octanol–water partition coefficient (Wildman–Crippen LogP) is 6.72. The Bertz CT molecular complexity index is 1370. The molecule has 0 fully saturated rings. The molecule has 5 rings (SSSR count). The van der Waals surface area contributed by atoms with E-state index in [2.05, 4.69) is 20.2 Å². The first-order chi connectivity index (χ1) is 18.4. The Morgan fingerprint density at radius 2 is 1.29 bits per heavy atom. The van der Waals surface area contributed by atoms with E-state index < -0.39 is 23.6 Å². The molecule has 0 unspecified atom stereocenters. The van der Waals surface area contributed by atoms with Gasteiger partial charge in [-0.25, -0.2) is 4.98 Å². The first-order valence-electron chi connectivity index (χ1n) is 11.9. The van der Waals surface area contributed by atoms with Gasteiger partial charge in [0.1, 0.15) is 5.54 Å². The molecule has 0 saturated heterocycles. The highest BCUT2D eigenvalue weighted by Crippen LogP contribution is 2.41. The van der Waals surface area contributed by atoms with Crippen LogP contribution in [-0.2, 0) is 18.1 Å². The van der Waals surface area contributed by atoms with Gasteiger partial charge in [-0.3, -0.25) is 9.67 Å². The third-order valence-electron chi connectivity index (χ3n) is 6.18. The second-order valence-electron chi connectivity index (χ2n) is 8.59. The Balaban J connectivity index is 1.46. The fraction of sp³-hybridized carbons (Fsp3) is 0.179. The molecule has 0 spiro atoms. The monoisotopic (exact) mass is 537 g/mol. The van der Waals surface area contributed by atoms with Crippen molar-refractivity contribution in [1.29, 1.82) is 0 Å². The van der Waals surface area contributed by atoms with Gasteiger partial charge in [-0.05, 0) is 29.5 Å². The molecule has 0 aliphatic rings. The summed E-state index contributed by atoms with van der Waals surface area (Å²) in [6.45, 7) is 0. The fourth-order valence-corrected chi connectivity index (χ4v) is 5.32. The highest BCUT2D eigenvalue weighted by molar-refractivity contribution is 7.99. The van der Waals surface area contributed by atoms with Crippen molar-refractivity contribution in [3.63, 3.8) is 0 Å². The van der Waals surface area contributed by atoms with E-state index in [9.17, 15) is 13.2 Å². The predicted molar refractivity (Wildman–Crippen MR) is 137 cm³/mol. The summed E-state index contributed by atoms with van der Waals surface area (Å²) in [5.41, 5.74) is 2.16. The van der Waals surface area contributed by atoms with Gasteiger partial charge < -0.3 is 0 Å². The largest absolute Gasteiger partial charge is 0.453 e. The SMILES string of the molecule is Fc1nc(CCCSc2nc(C(F)(F)F)n[nH]2)cn1C(c1ccccc1)(c1ccccc1)c1ccccc1. The Hall–Kier alpha value is -3.92. The fourth-order valence-electron chi connectivity index (χ4n) is 4.57. The summed E-state index contributed by atoms with van der Waals surface area (Å²) < 4.78 is 55.5. The molecule has 0 radical (unpaired) electrons. The molecular formula is C28H23F4N5S. The van der Waals surface area contributed by atoms with Gasteiger partial charge in [0.15, 0.2) is 5.16 Å². The van der Waals surface area contributed by atoms with E-state index >= 15 is 4.39 Å². The van der Waals surface area contributed by atoms with Gasteiger partial charge in [0.05, 0.1) is 5.69 Å². The van der Waals surface area contributed by atoms with Gasteiger partial charge in [0.25, 0.3) is 11.9 Å². The van der Waals surface area contributed by atoms with Crippen molar-refractivity contribution < 1.29 is 17.6 Å². The van der Waals surface area contributed by atoms with Crippen molar-refractivity contribution in [2.75, 3.05) is 5.75 Å². The van der Waals surface area contributed by atoms with Gasteiger partial charge in [-0.15, -0.1) is 5.10 Å². The highest BCUT2D eigenvalue weighted by Gasteiger charge is 2.40. The van der Waals surface area contributed by atoms with E-state index in [-0.39, 0.29) is 5.16 Å². The summed E-state index contributed by atoms with van der Waals surface area (Å²) in [5.74, 6) is -0.734. The number of hydrogen-bond acceptors (Lipinski definition) is 4. The summed E-state index contributed by atoms with van der Waals surface area (Å²) in [6.07, 6.45) is -2.51. The van der Waals surface area contributed by atoms with Crippen LogP contribution in [0.2, 0.25) is 0 Å². The molecule has 0 saturated carbocycles. The number of alkyl halides is 3. The number of H-pyrrole nitrogens is 1. The van der Waals surface area contributed by atoms with Crippen LogP contribution < -0.4 is 0 Å². The average Bonchev–Trinajstić information content (AvgIpc) is 3.56. The molecule has 5 aromatic rings. The molecule has 0 atom stereocenters. The van der Waals surface area contributed by atoms with Crippen LogP contribution in [0.3, 0.4) is 0 Å². The van der Waals surface area contributed by atoms with Gasteiger partial charge in [-0.2, -0.15) is 22.5 Å². The zero-order valence-corrected chi connectivity index (χ0v) is 20.9. The second-order valence-corrected chi connectivity index (χ2v) is 9.68. The quantitative estimate of drug-likeness (QED) is 0.0981. The Morgan fingerprint density at radius 3 is 1.76 bits per heavy atom. The number of aryl methyl sites for hydroxylation is 1. The Morgan fingerprint density at radius 1 is 0.763 bits per heavy atom. The number of thioether (sulfide) groups is 1. The maximum Gasteiger partial charge on any atom is 0.453 e. The third kappa shape index (κ3) is 5.08. The Labute approximate surface area is 221 Å². The standard InChI is InChI=1S/C28H23F4N5S/c29-25-33-23(17-10-18-38-26-34-24(35-36-26)28(30,31)32)19-37(25)27(20-11-4-1-5-12-20,21-13-6-2-7-14-21)22-15-8-3-9-16-22/h1-9,11-16,19H,10,17-18H2,(H,34,35,36). The lowest BCUT2D eigenvalue weighted by Crippen LogP contribution is -2.38. The molecule has 0 bridgehead atoms. The molecule has 2 aromatic heterocycles. The van der Waals surface area contributed by atoms with Crippen molar-refractivity contribution in [2.24, 2.45) is 0 Å². The number of aromatic nitrogens is 5. The molecule has 0 aliphatic carbocycles. The minimum Gasteiger partial charge on any atom is -0.289 e. The lowest BCUT2D eigenvalue weighted by Gasteiger charge is -2.37. The molecule has 0 amide bonds. The van der Waals surface area contributed by atoms with Gasteiger partial charge in [-0.1, -0.05) is 103 Å². The first kappa shape index (κ1) is 25.7. The summed E-state index contributed by atoms with van der Waals surface area (Å²) >= 11 is 1.13. The maximum absolute atomic E-state index is 15.8. The molecule has 2 heterocycles. The minimum atomic E-state index is -4.59. The van der Waals surface area contributed by atoms with Crippen LogP contribution in [0, 0.1) is 6.08 Å². The number of imidazole rings is 1. The number of nitrogens with one attached hydrogen (secondary N) is 1. The number of rotatable bonds is 9. The smallest absolute Gasteiger partial charge is 0.289 e. The summed E-state index contributed by atoms with van der Waals surface area (Å²) in [6, 6.07) is 29.2. The van der Waals surface area contributed by atoms with Crippen LogP contribution in [0.15, 0.2) is 102 Å². The van der Waals surface area contributed by atoms with Crippen molar-refractivity contribution in [3.05, 3.63) is 131 Å². The van der Waals surface area contributed by atoms with Crippen LogP contribution in [-0.4, -0.2) is 30.5 Å². The molecule has 38 heavy (non-hydrogen) atoms. The second kappa shape index (κ2) is 10.8. The molecule has 194 valence electrons. The van der Waals surface area contributed by atoms with Crippen LogP contribution in [0.1, 0.15) is 34.6 Å². The number of halogens is 4. The minimum absolute atomic E-state index is 0.0882. The zero-order chi connectivity index (χ0) is 26.6. The van der Waals surface area contributed by atoms with Crippen LogP contribution in [0.5, 0.6) is 0 Å². The average molecular weight is 538 g/mol. The lowest BCUT2D eigenvalue weighted by atomic mass is 9.76. The molecule has 1 N–H and O–H groups in total. The van der Waals surface area contributed by atoms with E-state index in [0.717, 1.165) is 28.5 Å². The van der Waals surface area contributed by atoms with E-state index in [1.165, 1.54) is 0 Å². The lowest BCUT2D eigenvalue weighted by molar-refractivity contribution is -0.144. The Kier molecular flexibility index (Phi) is 7.33. The van der Waals surface area contributed by atoms with Gasteiger partial charge in [0, 0.05) is 11.9 Å². The number of benzene rings is 3. The number of aromatic amines is 1. The molecule has 0 aliphatic heterocycles. The van der Waals surface area contributed by atoms with E-state index in [1.54, 1.807) is 10.8 Å². The van der Waals surface area contributed by atoms with Crippen LogP contribution in [0.25, 0.3) is 0 Å². The van der Waals surface area contributed by atoms with Crippen molar-refractivity contribution in [3.8, 4) is 0 Å². The van der Waals surface area contributed by atoms with E-state index in [1.807, 2.05) is 91.0 Å².